The van der Waals surface area contributed by atoms with Gasteiger partial charge < -0.3 is 5.11 Å². The lowest BCUT2D eigenvalue weighted by Crippen LogP contribution is -2.13. The Labute approximate surface area is 116 Å². The van der Waals surface area contributed by atoms with Crippen molar-refractivity contribution < 1.29 is 18.3 Å². The summed E-state index contributed by atoms with van der Waals surface area (Å²) in [7, 11) is -3.71. The number of aryl methyl sites for hydroxylation is 1. The molecule has 0 aliphatic carbocycles. The summed E-state index contributed by atoms with van der Waals surface area (Å²) in [6.45, 7) is 1.91. The average molecular weight is 291 g/mol. The standard InChI is InChI=1S/C14H13NO4S/c1-10-2-6-12(7-3-10)15-20(18,19)13-8-4-11(5-9-13)14(16)17/h2-9,15H,1H3,(H,16,17). The van der Waals surface area contributed by atoms with Crippen LogP contribution in [0.2, 0.25) is 0 Å². The van der Waals surface area contributed by atoms with E-state index in [0.717, 1.165) is 5.56 Å². The molecular formula is C14H13NO4S. The minimum atomic E-state index is -3.71. The van der Waals surface area contributed by atoms with Crippen molar-refractivity contribution in [2.75, 3.05) is 4.72 Å². The SMILES string of the molecule is Cc1ccc(NS(=O)(=O)c2ccc(C(=O)O)cc2)cc1. The smallest absolute Gasteiger partial charge is 0.335 e. The highest BCUT2D eigenvalue weighted by Gasteiger charge is 2.14. The van der Waals surface area contributed by atoms with Crippen LogP contribution in [0.5, 0.6) is 0 Å². The average Bonchev–Trinajstić information content (AvgIpc) is 2.41. The van der Waals surface area contributed by atoms with Crippen LogP contribution in [0.1, 0.15) is 15.9 Å². The van der Waals surface area contributed by atoms with Gasteiger partial charge in [0.1, 0.15) is 0 Å². The van der Waals surface area contributed by atoms with Crippen molar-refractivity contribution >= 4 is 21.7 Å². The van der Waals surface area contributed by atoms with Crippen molar-refractivity contribution in [1.29, 1.82) is 0 Å². The van der Waals surface area contributed by atoms with E-state index in [4.69, 9.17) is 5.11 Å². The monoisotopic (exact) mass is 291 g/mol. The van der Waals surface area contributed by atoms with Crippen LogP contribution < -0.4 is 4.72 Å². The number of carboxylic acids is 1. The van der Waals surface area contributed by atoms with Gasteiger partial charge in [0.05, 0.1) is 10.5 Å². The van der Waals surface area contributed by atoms with E-state index in [0.29, 0.717) is 5.69 Å². The fourth-order valence-corrected chi connectivity index (χ4v) is 2.67. The minimum absolute atomic E-state index is 0.0167. The van der Waals surface area contributed by atoms with Gasteiger partial charge in [-0.15, -0.1) is 0 Å². The summed E-state index contributed by atoms with van der Waals surface area (Å²) in [6, 6.07) is 12.0. The second-order valence-electron chi connectivity index (χ2n) is 4.30. The number of anilines is 1. The largest absolute Gasteiger partial charge is 0.478 e. The third kappa shape index (κ3) is 3.16. The van der Waals surface area contributed by atoms with Gasteiger partial charge in [-0.05, 0) is 43.3 Å². The van der Waals surface area contributed by atoms with E-state index in [1.165, 1.54) is 24.3 Å². The van der Waals surface area contributed by atoms with E-state index in [2.05, 4.69) is 4.72 Å². The first-order valence-electron chi connectivity index (χ1n) is 5.81. The van der Waals surface area contributed by atoms with Crippen LogP contribution in [-0.2, 0) is 10.0 Å². The Hall–Kier alpha value is -2.34. The third-order valence-electron chi connectivity index (χ3n) is 2.72. The van der Waals surface area contributed by atoms with Crippen LogP contribution in [0.15, 0.2) is 53.4 Å². The molecule has 0 heterocycles. The molecule has 0 fully saturated rings. The molecule has 0 saturated heterocycles. The van der Waals surface area contributed by atoms with Gasteiger partial charge in [0.25, 0.3) is 10.0 Å². The second kappa shape index (κ2) is 5.34. The number of sulfonamides is 1. The molecule has 2 rings (SSSR count). The Morgan fingerprint density at radius 1 is 1.00 bits per heavy atom. The van der Waals surface area contributed by atoms with Crippen LogP contribution in [0.3, 0.4) is 0 Å². The maximum Gasteiger partial charge on any atom is 0.335 e. The van der Waals surface area contributed by atoms with Crippen molar-refractivity contribution in [3.8, 4) is 0 Å². The summed E-state index contributed by atoms with van der Waals surface area (Å²) in [5.74, 6) is -1.10. The highest BCUT2D eigenvalue weighted by atomic mass is 32.2. The number of carboxylic acid groups (broad SMARTS) is 1. The number of rotatable bonds is 4. The van der Waals surface area contributed by atoms with E-state index in [1.54, 1.807) is 24.3 Å². The summed E-state index contributed by atoms with van der Waals surface area (Å²) in [5, 5.41) is 8.77. The number of hydrogen-bond acceptors (Lipinski definition) is 3. The highest BCUT2D eigenvalue weighted by Crippen LogP contribution is 2.17. The number of hydrogen-bond donors (Lipinski definition) is 2. The molecule has 5 nitrogen and oxygen atoms in total. The van der Waals surface area contributed by atoms with Gasteiger partial charge in [-0.1, -0.05) is 17.7 Å². The molecule has 0 bridgehead atoms. The van der Waals surface area contributed by atoms with Crippen molar-refractivity contribution in [3.63, 3.8) is 0 Å². The van der Waals surface area contributed by atoms with Gasteiger partial charge in [-0.25, -0.2) is 13.2 Å². The maximum absolute atomic E-state index is 12.1. The molecule has 0 saturated carbocycles. The molecule has 0 radical (unpaired) electrons. The van der Waals surface area contributed by atoms with Gasteiger partial charge in [0.2, 0.25) is 0 Å². The topological polar surface area (TPSA) is 83.5 Å². The molecular weight excluding hydrogens is 278 g/mol. The first kappa shape index (κ1) is 14.1. The molecule has 6 heteroatoms. The Morgan fingerprint density at radius 3 is 2.05 bits per heavy atom. The van der Waals surface area contributed by atoms with Crippen LogP contribution >= 0.6 is 0 Å². The van der Waals surface area contributed by atoms with E-state index >= 15 is 0 Å². The third-order valence-corrected chi connectivity index (χ3v) is 4.11. The van der Waals surface area contributed by atoms with Crippen molar-refractivity contribution in [2.45, 2.75) is 11.8 Å². The second-order valence-corrected chi connectivity index (χ2v) is 5.98. The molecule has 0 amide bonds. The summed E-state index contributed by atoms with van der Waals surface area (Å²) >= 11 is 0. The molecule has 0 aromatic heterocycles. The van der Waals surface area contributed by atoms with Gasteiger partial charge in [0.15, 0.2) is 0 Å². The maximum atomic E-state index is 12.1. The number of nitrogens with one attached hydrogen (secondary N) is 1. The normalized spacial score (nSPS) is 11.1. The molecule has 0 aliphatic heterocycles. The molecule has 0 aliphatic rings. The van der Waals surface area contributed by atoms with E-state index in [1.807, 2.05) is 6.92 Å². The summed E-state index contributed by atoms with van der Waals surface area (Å²) in [5.41, 5.74) is 1.52. The zero-order valence-corrected chi connectivity index (χ0v) is 11.5. The molecule has 2 N–H and O–H groups in total. The summed E-state index contributed by atoms with van der Waals surface area (Å²) in [4.78, 5) is 10.7. The Balaban J connectivity index is 2.26. The highest BCUT2D eigenvalue weighted by molar-refractivity contribution is 7.92. The number of carbonyl (C=O) groups is 1. The Bertz CT molecular complexity index is 719. The fraction of sp³-hybridized carbons (Fsp3) is 0.0714. The number of benzene rings is 2. The minimum Gasteiger partial charge on any atom is -0.478 e. The zero-order chi connectivity index (χ0) is 14.8. The van der Waals surface area contributed by atoms with Gasteiger partial charge in [-0.3, -0.25) is 4.72 Å². The first-order valence-corrected chi connectivity index (χ1v) is 7.30. The Morgan fingerprint density at radius 2 is 1.55 bits per heavy atom. The molecule has 2 aromatic carbocycles. The van der Waals surface area contributed by atoms with Gasteiger partial charge in [-0.2, -0.15) is 0 Å². The zero-order valence-electron chi connectivity index (χ0n) is 10.7. The lowest BCUT2D eigenvalue weighted by Gasteiger charge is -2.08. The molecule has 2 aromatic rings. The van der Waals surface area contributed by atoms with Crippen LogP contribution in [0.4, 0.5) is 5.69 Å². The quantitative estimate of drug-likeness (QED) is 0.906. The van der Waals surface area contributed by atoms with E-state index in [-0.39, 0.29) is 10.5 Å². The lowest BCUT2D eigenvalue weighted by molar-refractivity contribution is 0.0697. The summed E-state index contributed by atoms with van der Waals surface area (Å²) < 4.78 is 26.7. The molecule has 0 unspecified atom stereocenters. The first-order chi connectivity index (χ1) is 9.38. The predicted molar refractivity (Wildman–Crippen MR) is 75.4 cm³/mol. The van der Waals surface area contributed by atoms with E-state index in [9.17, 15) is 13.2 Å². The lowest BCUT2D eigenvalue weighted by atomic mass is 10.2. The fourth-order valence-electron chi connectivity index (χ4n) is 1.61. The van der Waals surface area contributed by atoms with Crippen LogP contribution in [-0.4, -0.2) is 19.5 Å². The van der Waals surface area contributed by atoms with Crippen molar-refractivity contribution in [3.05, 3.63) is 59.7 Å². The molecule has 20 heavy (non-hydrogen) atoms. The summed E-state index contributed by atoms with van der Waals surface area (Å²) in [6.07, 6.45) is 0. The van der Waals surface area contributed by atoms with Gasteiger partial charge in [0, 0.05) is 5.69 Å². The predicted octanol–water partition coefficient (Wildman–Crippen LogP) is 2.49. The Kier molecular flexibility index (Phi) is 3.76. The van der Waals surface area contributed by atoms with E-state index < -0.39 is 16.0 Å². The molecule has 0 spiro atoms. The van der Waals surface area contributed by atoms with Crippen molar-refractivity contribution in [2.24, 2.45) is 0 Å². The van der Waals surface area contributed by atoms with Crippen LogP contribution in [0.25, 0.3) is 0 Å². The van der Waals surface area contributed by atoms with Crippen molar-refractivity contribution in [1.82, 2.24) is 0 Å². The molecule has 0 atom stereocenters. The molecule has 104 valence electrons. The van der Waals surface area contributed by atoms with Crippen LogP contribution in [0, 0.1) is 6.92 Å². The van der Waals surface area contributed by atoms with Gasteiger partial charge >= 0.3 is 5.97 Å². The number of aromatic carboxylic acids is 1.